The van der Waals surface area contributed by atoms with E-state index in [4.69, 9.17) is 11.6 Å². The summed E-state index contributed by atoms with van der Waals surface area (Å²) in [6.07, 6.45) is 1.89. The van der Waals surface area contributed by atoms with Crippen LogP contribution in [-0.4, -0.2) is 26.0 Å². The molecule has 0 bridgehead atoms. The molecule has 0 spiro atoms. The van der Waals surface area contributed by atoms with Crippen LogP contribution in [0.25, 0.3) is 28.1 Å². The third-order valence-corrected chi connectivity index (χ3v) is 4.74. The Labute approximate surface area is 152 Å². The number of para-hydroxylation sites is 1. The van der Waals surface area contributed by atoms with Crippen LogP contribution >= 0.6 is 23.4 Å². The smallest absolute Gasteiger partial charge is 0.263 e. The van der Waals surface area contributed by atoms with Gasteiger partial charge >= 0.3 is 0 Å². The molecule has 0 fully saturated rings. The van der Waals surface area contributed by atoms with Crippen LogP contribution in [0.3, 0.4) is 0 Å². The van der Waals surface area contributed by atoms with E-state index < -0.39 is 0 Å². The van der Waals surface area contributed by atoms with Gasteiger partial charge in [-0.15, -0.1) is 11.8 Å². The van der Waals surface area contributed by atoms with E-state index in [2.05, 4.69) is 15.1 Å². The van der Waals surface area contributed by atoms with Crippen molar-refractivity contribution in [3.8, 4) is 17.1 Å². The Morgan fingerprint density at radius 3 is 2.48 bits per heavy atom. The van der Waals surface area contributed by atoms with Crippen molar-refractivity contribution in [3.63, 3.8) is 0 Å². The number of fused-ring (bicyclic) bond motifs is 1. The summed E-state index contributed by atoms with van der Waals surface area (Å²) < 4.78 is 1.70. The molecule has 2 aromatic heterocycles. The summed E-state index contributed by atoms with van der Waals surface area (Å²) in [6, 6.07) is 16.8. The molecule has 4 rings (SSSR count). The van der Waals surface area contributed by atoms with E-state index in [0.29, 0.717) is 26.9 Å². The SMILES string of the molecule is CSc1nn(-c2ccccc2)c2nc(-c3ccc(Cl)cc3)[nH]c(=O)c12. The number of hydrogen-bond donors (Lipinski definition) is 1. The fraction of sp³-hybridized carbons (Fsp3) is 0.0556. The first-order valence-corrected chi connectivity index (χ1v) is 9.16. The molecule has 2 aromatic carbocycles. The van der Waals surface area contributed by atoms with Gasteiger partial charge in [-0.2, -0.15) is 5.10 Å². The van der Waals surface area contributed by atoms with E-state index in [9.17, 15) is 4.79 Å². The van der Waals surface area contributed by atoms with Crippen molar-refractivity contribution in [3.05, 3.63) is 70.0 Å². The number of aromatic amines is 1. The summed E-state index contributed by atoms with van der Waals surface area (Å²) in [7, 11) is 0. The number of halogens is 1. The molecule has 124 valence electrons. The number of thioether (sulfide) groups is 1. The second-order valence-corrected chi connectivity index (χ2v) is 6.61. The molecule has 1 N–H and O–H groups in total. The third-order valence-electron chi connectivity index (χ3n) is 3.82. The molecule has 0 amide bonds. The molecular formula is C18H13ClN4OS. The summed E-state index contributed by atoms with van der Waals surface area (Å²) in [5.41, 5.74) is 1.97. The van der Waals surface area contributed by atoms with Gasteiger partial charge in [0.25, 0.3) is 5.56 Å². The molecule has 5 nitrogen and oxygen atoms in total. The highest BCUT2D eigenvalue weighted by atomic mass is 35.5. The minimum atomic E-state index is -0.207. The topological polar surface area (TPSA) is 63.6 Å². The minimum absolute atomic E-state index is 0.207. The van der Waals surface area contributed by atoms with Crippen molar-refractivity contribution < 1.29 is 0 Å². The summed E-state index contributed by atoms with van der Waals surface area (Å²) >= 11 is 7.37. The van der Waals surface area contributed by atoms with Gasteiger partial charge in [0, 0.05) is 10.6 Å². The van der Waals surface area contributed by atoms with Crippen LogP contribution in [0.2, 0.25) is 5.02 Å². The molecule has 7 heteroatoms. The van der Waals surface area contributed by atoms with Gasteiger partial charge in [0.15, 0.2) is 5.65 Å². The van der Waals surface area contributed by atoms with E-state index in [0.717, 1.165) is 11.3 Å². The lowest BCUT2D eigenvalue weighted by Crippen LogP contribution is -2.10. The van der Waals surface area contributed by atoms with Crippen molar-refractivity contribution in [2.45, 2.75) is 5.03 Å². The average molecular weight is 369 g/mol. The van der Waals surface area contributed by atoms with Gasteiger partial charge in [0.1, 0.15) is 16.2 Å². The summed E-state index contributed by atoms with van der Waals surface area (Å²) in [5, 5.41) is 6.34. The predicted molar refractivity (Wildman–Crippen MR) is 102 cm³/mol. The number of aromatic nitrogens is 4. The minimum Gasteiger partial charge on any atom is -0.306 e. The summed E-state index contributed by atoms with van der Waals surface area (Å²) in [4.78, 5) is 20.2. The van der Waals surface area contributed by atoms with Gasteiger partial charge in [-0.3, -0.25) is 4.79 Å². The van der Waals surface area contributed by atoms with Crippen LogP contribution in [0.5, 0.6) is 0 Å². The Balaban J connectivity index is 2.01. The summed E-state index contributed by atoms with van der Waals surface area (Å²) in [5.74, 6) is 0.485. The van der Waals surface area contributed by atoms with Crippen LogP contribution in [0.4, 0.5) is 0 Å². The number of H-pyrrole nitrogens is 1. The van der Waals surface area contributed by atoms with E-state index in [1.807, 2.05) is 48.7 Å². The zero-order valence-corrected chi connectivity index (χ0v) is 14.8. The number of nitrogens with zero attached hydrogens (tertiary/aromatic N) is 3. The standard InChI is InChI=1S/C18H13ClN4OS/c1-25-18-14-16(23(22-18)13-5-3-2-4-6-13)20-15(21-17(14)24)11-7-9-12(19)10-8-11/h2-10H,1H3,(H,20,21,24). The largest absolute Gasteiger partial charge is 0.306 e. The number of benzene rings is 2. The molecule has 4 aromatic rings. The van der Waals surface area contributed by atoms with Crippen molar-refractivity contribution in [2.24, 2.45) is 0 Å². The molecule has 0 atom stereocenters. The van der Waals surface area contributed by atoms with Crippen LogP contribution < -0.4 is 5.56 Å². The van der Waals surface area contributed by atoms with Crippen molar-refractivity contribution >= 4 is 34.4 Å². The first kappa shape index (κ1) is 15.9. The zero-order chi connectivity index (χ0) is 17.4. The van der Waals surface area contributed by atoms with E-state index in [1.54, 1.807) is 16.8 Å². The Morgan fingerprint density at radius 1 is 1.08 bits per heavy atom. The molecule has 2 heterocycles. The van der Waals surface area contributed by atoms with E-state index in [-0.39, 0.29) is 5.56 Å². The van der Waals surface area contributed by atoms with Crippen molar-refractivity contribution in [2.75, 3.05) is 6.26 Å². The van der Waals surface area contributed by atoms with Gasteiger partial charge < -0.3 is 4.98 Å². The predicted octanol–water partition coefficient (Wildman–Crippen LogP) is 4.15. The Hall–Kier alpha value is -2.57. The fourth-order valence-electron chi connectivity index (χ4n) is 2.63. The van der Waals surface area contributed by atoms with Gasteiger partial charge in [0.05, 0.1) is 5.69 Å². The maximum Gasteiger partial charge on any atom is 0.263 e. The van der Waals surface area contributed by atoms with E-state index >= 15 is 0 Å². The Bertz CT molecular complexity index is 1100. The lowest BCUT2D eigenvalue weighted by atomic mass is 10.2. The monoisotopic (exact) mass is 368 g/mol. The highest BCUT2D eigenvalue weighted by Crippen LogP contribution is 2.26. The maximum atomic E-state index is 12.7. The van der Waals surface area contributed by atoms with E-state index in [1.165, 1.54) is 11.8 Å². The van der Waals surface area contributed by atoms with Crippen molar-refractivity contribution in [1.82, 2.24) is 19.7 Å². The fourth-order valence-corrected chi connectivity index (χ4v) is 3.31. The lowest BCUT2D eigenvalue weighted by Gasteiger charge is -2.04. The van der Waals surface area contributed by atoms with Crippen LogP contribution in [-0.2, 0) is 0 Å². The number of hydrogen-bond acceptors (Lipinski definition) is 4. The molecule has 0 saturated carbocycles. The molecule has 0 unspecified atom stereocenters. The molecule has 0 aliphatic carbocycles. The van der Waals surface area contributed by atoms with Gasteiger partial charge in [-0.05, 0) is 42.7 Å². The van der Waals surface area contributed by atoms with Crippen LogP contribution in [0.1, 0.15) is 0 Å². The number of rotatable bonds is 3. The first-order chi connectivity index (χ1) is 12.2. The zero-order valence-electron chi connectivity index (χ0n) is 13.2. The highest BCUT2D eigenvalue weighted by molar-refractivity contribution is 7.98. The Kier molecular flexibility index (Phi) is 4.07. The van der Waals surface area contributed by atoms with Gasteiger partial charge in [-0.1, -0.05) is 29.8 Å². The molecular weight excluding hydrogens is 356 g/mol. The highest BCUT2D eigenvalue weighted by Gasteiger charge is 2.17. The molecule has 0 aliphatic heterocycles. The normalized spacial score (nSPS) is 11.1. The Morgan fingerprint density at radius 2 is 1.80 bits per heavy atom. The first-order valence-electron chi connectivity index (χ1n) is 7.56. The molecule has 0 saturated heterocycles. The quantitative estimate of drug-likeness (QED) is 0.552. The number of nitrogens with one attached hydrogen (secondary N) is 1. The molecule has 0 radical (unpaired) electrons. The lowest BCUT2D eigenvalue weighted by molar-refractivity contribution is 0.852. The van der Waals surface area contributed by atoms with Crippen LogP contribution in [0, 0.1) is 0 Å². The molecule has 0 aliphatic rings. The molecule has 25 heavy (non-hydrogen) atoms. The summed E-state index contributed by atoms with van der Waals surface area (Å²) in [6.45, 7) is 0. The van der Waals surface area contributed by atoms with Crippen molar-refractivity contribution in [1.29, 1.82) is 0 Å². The third kappa shape index (κ3) is 2.83. The maximum absolute atomic E-state index is 12.7. The van der Waals surface area contributed by atoms with Crippen LogP contribution in [0.15, 0.2) is 64.4 Å². The average Bonchev–Trinajstić information content (AvgIpc) is 3.02. The second kappa shape index (κ2) is 6.38. The van der Waals surface area contributed by atoms with Gasteiger partial charge in [0.2, 0.25) is 0 Å². The van der Waals surface area contributed by atoms with Gasteiger partial charge in [-0.25, -0.2) is 9.67 Å². The second-order valence-electron chi connectivity index (χ2n) is 5.38.